The largest absolute Gasteiger partial charge is 0.324 e. The average molecular weight is 368 g/mol. The van der Waals surface area contributed by atoms with Gasteiger partial charge in [-0.1, -0.05) is 20.8 Å². The summed E-state index contributed by atoms with van der Waals surface area (Å²) in [6, 6.07) is 7.44. The fourth-order valence-electron chi connectivity index (χ4n) is 2.85. The molecule has 2 aromatic heterocycles. The van der Waals surface area contributed by atoms with Gasteiger partial charge in [0.05, 0.1) is 16.8 Å². The Bertz CT molecular complexity index is 1080. The molecule has 0 unspecified atom stereocenters. The maximum absolute atomic E-state index is 14.2. The van der Waals surface area contributed by atoms with Crippen LogP contribution >= 0.6 is 0 Å². The lowest BCUT2D eigenvalue weighted by Crippen LogP contribution is -2.23. The summed E-state index contributed by atoms with van der Waals surface area (Å²) in [7, 11) is 0. The molecule has 2 heterocycles. The molecule has 27 heavy (non-hydrogen) atoms. The number of amides is 1. The van der Waals surface area contributed by atoms with Gasteiger partial charge < -0.3 is 5.32 Å². The molecule has 140 valence electrons. The molecule has 6 nitrogen and oxygen atoms in total. The standard InChI is InChI=1S/C20H21FN4O2/c1-12-23-18-14(6-5-9-22-18)19(27)25(12)13-7-8-15(21)16(10-13)24-17(26)11-20(2,3)4/h5-10H,11H2,1-4H3,(H,24,26). The van der Waals surface area contributed by atoms with Crippen LogP contribution in [0, 0.1) is 18.2 Å². The lowest BCUT2D eigenvalue weighted by atomic mass is 9.92. The third kappa shape index (κ3) is 4.02. The monoisotopic (exact) mass is 368 g/mol. The van der Waals surface area contributed by atoms with Gasteiger partial charge in [-0.3, -0.25) is 14.2 Å². The zero-order valence-corrected chi connectivity index (χ0v) is 15.7. The lowest BCUT2D eigenvalue weighted by molar-refractivity contribution is -0.117. The normalized spacial score (nSPS) is 11.6. The number of nitrogens with zero attached hydrogens (tertiary/aromatic N) is 3. The summed E-state index contributed by atoms with van der Waals surface area (Å²) in [4.78, 5) is 33.5. The van der Waals surface area contributed by atoms with Gasteiger partial charge in [0.25, 0.3) is 5.56 Å². The van der Waals surface area contributed by atoms with Crippen molar-refractivity contribution in [3.8, 4) is 5.69 Å². The second-order valence-corrected chi connectivity index (χ2v) is 7.62. The molecule has 1 amide bonds. The Morgan fingerprint density at radius 2 is 2.00 bits per heavy atom. The van der Waals surface area contributed by atoms with E-state index in [2.05, 4.69) is 15.3 Å². The fourth-order valence-corrected chi connectivity index (χ4v) is 2.85. The van der Waals surface area contributed by atoms with Crippen LogP contribution in [0.4, 0.5) is 10.1 Å². The first-order chi connectivity index (χ1) is 12.7. The molecule has 1 N–H and O–H groups in total. The van der Waals surface area contributed by atoms with Crippen molar-refractivity contribution in [3.63, 3.8) is 0 Å². The first kappa shape index (κ1) is 18.7. The number of rotatable bonds is 3. The molecule has 0 atom stereocenters. The second kappa shape index (κ2) is 6.90. The van der Waals surface area contributed by atoms with Crippen molar-refractivity contribution >= 4 is 22.6 Å². The maximum Gasteiger partial charge on any atom is 0.267 e. The van der Waals surface area contributed by atoms with Crippen LogP contribution in [0.3, 0.4) is 0 Å². The number of carbonyl (C=O) groups excluding carboxylic acids is 1. The number of benzene rings is 1. The van der Waals surface area contributed by atoms with Gasteiger partial charge in [-0.25, -0.2) is 14.4 Å². The van der Waals surface area contributed by atoms with Crippen LogP contribution in [0.5, 0.6) is 0 Å². The zero-order chi connectivity index (χ0) is 19.8. The summed E-state index contributed by atoms with van der Waals surface area (Å²) in [6.07, 6.45) is 1.82. The van der Waals surface area contributed by atoms with E-state index in [1.807, 2.05) is 20.8 Å². The van der Waals surface area contributed by atoms with Gasteiger partial charge >= 0.3 is 0 Å². The maximum atomic E-state index is 14.2. The van der Waals surface area contributed by atoms with Crippen LogP contribution in [0.2, 0.25) is 0 Å². The number of aromatic nitrogens is 3. The molecular formula is C20H21FN4O2. The van der Waals surface area contributed by atoms with Gasteiger partial charge in [0, 0.05) is 12.6 Å². The lowest BCUT2D eigenvalue weighted by Gasteiger charge is -2.18. The Balaban J connectivity index is 2.05. The Hall–Kier alpha value is -3.09. The van der Waals surface area contributed by atoms with E-state index in [4.69, 9.17) is 0 Å². The Morgan fingerprint density at radius 3 is 2.70 bits per heavy atom. The summed E-state index contributed by atoms with van der Waals surface area (Å²) >= 11 is 0. The smallest absolute Gasteiger partial charge is 0.267 e. The highest BCUT2D eigenvalue weighted by atomic mass is 19.1. The molecule has 0 aliphatic heterocycles. The fraction of sp³-hybridized carbons (Fsp3) is 0.300. The van der Waals surface area contributed by atoms with E-state index in [9.17, 15) is 14.0 Å². The highest BCUT2D eigenvalue weighted by molar-refractivity contribution is 5.91. The number of hydrogen-bond donors (Lipinski definition) is 1. The topological polar surface area (TPSA) is 76.9 Å². The van der Waals surface area contributed by atoms with Crippen LogP contribution in [-0.2, 0) is 4.79 Å². The van der Waals surface area contributed by atoms with Crippen LogP contribution in [-0.4, -0.2) is 20.4 Å². The van der Waals surface area contributed by atoms with Gasteiger partial charge in [-0.2, -0.15) is 0 Å². The Labute approximate surface area is 156 Å². The highest BCUT2D eigenvalue weighted by Gasteiger charge is 2.18. The predicted molar refractivity (Wildman–Crippen MR) is 103 cm³/mol. The summed E-state index contributed by atoms with van der Waals surface area (Å²) in [6.45, 7) is 7.46. The van der Waals surface area contributed by atoms with Crippen molar-refractivity contribution < 1.29 is 9.18 Å². The van der Waals surface area contributed by atoms with Gasteiger partial charge in [-0.15, -0.1) is 0 Å². The van der Waals surface area contributed by atoms with Crippen LogP contribution in [0.15, 0.2) is 41.3 Å². The van der Waals surface area contributed by atoms with Crippen molar-refractivity contribution in [1.29, 1.82) is 0 Å². The van der Waals surface area contributed by atoms with Crippen molar-refractivity contribution in [2.24, 2.45) is 5.41 Å². The molecule has 0 spiro atoms. The molecule has 0 bridgehead atoms. The SMILES string of the molecule is Cc1nc2ncccc2c(=O)n1-c1ccc(F)c(NC(=O)CC(C)(C)C)c1. The minimum absolute atomic E-state index is 0.0272. The first-order valence-electron chi connectivity index (χ1n) is 8.60. The molecule has 3 aromatic rings. The van der Waals surface area contributed by atoms with E-state index in [1.165, 1.54) is 22.8 Å². The average Bonchev–Trinajstić information content (AvgIpc) is 2.56. The van der Waals surface area contributed by atoms with E-state index in [-0.39, 0.29) is 29.0 Å². The number of carbonyl (C=O) groups is 1. The van der Waals surface area contributed by atoms with Crippen molar-refractivity contribution in [1.82, 2.24) is 14.5 Å². The van der Waals surface area contributed by atoms with Crippen LogP contribution in [0.1, 0.15) is 33.0 Å². The molecule has 1 aromatic carbocycles. The predicted octanol–water partition coefficient (Wildman–Crippen LogP) is 3.60. The molecule has 7 heteroatoms. The number of hydrogen-bond acceptors (Lipinski definition) is 4. The van der Waals surface area contributed by atoms with E-state index in [1.54, 1.807) is 25.3 Å². The minimum Gasteiger partial charge on any atom is -0.324 e. The number of anilines is 1. The highest BCUT2D eigenvalue weighted by Crippen LogP contribution is 2.23. The Kier molecular flexibility index (Phi) is 4.78. The minimum atomic E-state index is -0.567. The molecule has 0 fully saturated rings. The van der Waals surface area contributed by atoms with Crippen molar-refractivity contribution in [2.45, 2.75) is 34.1 Å². The zero-order valence-electron chi connectivity index (χ0n) is 15.7. The molecule has 0 saturated carbocycles. The quantitative estimate of drug-likeness (QED) is 0.766. The van der Waals surface area contributed by atoms with Gasteiger partial charge in [0.2, 0.25) is 5.91 Å². The number of pyridine rings is 1. The van der Waals surface area contributed by atoms with Gasteiger partial charge in [-0.05, 0) is 42.7 Å². The van der Waals surface area contributed by atoms with Crippen molar-refractivity contribution in [3.05, 3.63) is 58.5 Å². The number of fused-ring (bicyclic) bond motifs is 1. The van der Waals surface area contributed by atoms with Crippen LogP contribution < -0.4 is 10.9 Å². The third-order valence-corrected chi connectivity index (χ3v) is 3.98. The molecule has 0 saturated heterocycles. The molecule has 0 radical (unpaired) electrons. The molecule has 0 aliphatic carbocycles. The van der Waals surface area contributed by atoms with E-state index in [0.717, 1.165) is 0 Å². The summed E-state index contributed by atoms with van der Waals surface area (Å²) < 4.78 is 15.6. The number of nitrogens with one attached hydrogen (secondary N) is 1. The number of halogens is 1. The Morgan fingerprint density at radius 1 is 1.26 bits per heavy atom. The molecular weight excluding hydrogens is 347 g/mol. The summed E-state index contributed by atoms with van der Waals surface area (Å²) in [5.74, 6) is -0.435. The van der Waals surface area contributed by atoms with Crippen LogP contribution in [0.25, 0.3) is 16.7 Å². The van der Waals surface area contributed by atoms with E-state index >= 15 is 0 Å². The molecule has 0 aliphatic rings. The molecule has 3 rings (SSSR count). The van der Waals surface area contributed by atoms with Gasteiger partial charge in [0.1, 0.15) is 11.6 Å². The van der Waals surface area contributed by atoms with E-state index in [0.29, 0.717) is 22.5 Å². The first-order valence-corrected chi connectivity index (χ1v) is 8.60. The summed E-state index contributed by atoms with van der Waals surface area (Å²) in [5, 5.41) is 2.96. The van der Waals surface area contributed by atoms with E-state index < -0.39 is 5.82 Å². The van der Waals surface area contributed by atoms with Crippen molar-refractivity contribution in [2.75, 3.05) is 5.32 Å². The number of aryl methyl sites for hydroxylation is 1. The third-order valence-electron chi connectivity index (χ3n) is 3.98. The summed E-state index contributed by atoms with van der Waals surface area (Å²) in [5.41, 5.74) is 0.282. The van der Waals surface area contributed by atoms with Gasteiger partial charge in [0.15, 0.2) is 5.65 Å². The second-order valence-electron chi connectivity index (χ2n) is 7.62.